The Labute approximate surface area is 89.4 Å². The van der Waals surface area contributed by atoms with Crippen molar-refractivity contribution in [3.8, 4) is 0 Å². The fourth-order valence-electron chi connectivity index (χ4n) is 1.32. The number of aliphatic imine (C=N–C) groups is 1. The quantitative estimate of drug-likeness (QED) is 0.595. The first-order valence-corrected chi connectivity index (χ1v) is 4.84. The third kappa shape index (κ3) is 2.46. The van der Waals surface area contributed by atoms with Crippen LogP contribution in [0, 0.1) is 5.82 Å². The lowest BCUT2D eigenvalue weighted by molar-refractivity contribution is 0.612. The van der Waals surface area contributed by atoms with Crippen molar-refractivity contribution in [3.05, 3.63) is 29.6 Å². The molecule has 0 bridgehead atoms. The molecule has 0 unspecified atom stereocenters. The van der Waals surface area contributed by atoms with Crippen molar-refractivity contribution in [3.63, 3.8) is 0 Å². The van der Waals surface area contributed by atoms with Crippen molar-refractivity contribution >= 4 is 11.6 Å². The topological polar surface area (TPSA) is 41.6 Å². The molecular weight excluding hydrogens is 193 g/mol. The highest BCUT2D eigenvalue weighted by atomic mass is 19.1. The smallest absolute Gasteiger partial charge is 0.195 e. The van der Waals surface area contributed by atoms with Crippen LogP contribution in [0.3, 0.4) is 0 Å². The molecule has 15 heavy (non-hydrogen) atoms. The second-order valence-corrected chi connectivity index (χ2v) is 3.27. The predicted molar refractivity (Wildman–Crippen MR) is 61.7 cm³/mol. The third-order valence-corrected chi connectivity index (χ3v) is 2.37. The zero-order valence-corrected chi connectivity index (χ0v) is 9.29. The standard InChI is InChI=1S/C11H16FN3/c1-4-8-7-9(5-6-10(8)12)15(3)11(13)14-2/h5-7H,4H2,1-3H3,(H2,13,14). The van der Waals surface area contributed by atoms with Gasteiger partial charge in [0.2, 0.25) is 0 Å². The molecule has 0 amide bonds. The summed E-state index contributed by atoms with van der Waals surface area (Å²) in [5.41, 5.74) is 7.19. The molecule has 0 saturated carbocycles. The maximum atomic E-state index is 13.2. The Morgan fingerprint density at radius 2 is 2.20 bits per heavy atom. The molecule has 2 N–H and O–H groups in total. The molecule has 3 nitrogen and oxygen atoms in total. The second kappa shape index (κ2) is 4.77. The van der Waals surface area contributed by atoms with Gasteiger partial charge in [-0.15, -0.1) is 0 Å². The molecule has 4 heteroatoms. The third-order valence-electron chi connectivity index (χ3n) is 2.37. The summed E-state index contributed by atoms with van der Waals surface area (Å²) < 4.78 is 13.2. The summed E-state index contributed by atoms with van der Waals surface area (Å²) in [7, 11) is 3.42. The molecule has 82 valence electrons. The lowest BCUT2D eigenvalue weighted by atomic mass is 10.1. The van der Waals surface area contributed by atoms with Gasteiger partial charge in [0.1, 0.15) is 5.82 Å². The van der Waals surface area contributed by atoms with Crippen LogP contribution >= 0.6 is 0 Å². The van der Waals surface area contributed by atoms with Gasteiger partial charge in [-0.1, -0.05) is 6.92 Å². The van der Waals surface area contributed by atoms with E-state index in [0.29, 0.717) is 17.9 Å². The SMILES string of the molecule is CCc1cc(N(C)C(N)=NC)ccc1F. The first-order chi connectivity index (χ1) is 7.10. The average molecular weight is 209 g/mol. The maximum Gasteiger partial charge on any atom is 0.195 e. The van der Waals surface area contributed by atoms with Crippen LogP contribution in [0.5, 0.6) is 0 Å². The Morgan fingerprint density at radius 1 is 1.53 bits per heavy atom. The van der Waals surface area contributed by atoms with Crippen molar-refractivity contribution < 1.29 is 4.39 Å². The normalized spacial score (nSPS) is 11.6. The number of rotatable bonds is 2. The Bertz CT molecular complexity index is 374. The zero-order chi connectivity index (χ0) is 11.4. The van der Waals surface area contributed by atoms with Crippen LogP contribution in [-0.2, 0) is 6.42 Å². The van der Waals surface area contributed by atoms with E-state index in [1.54, 1.807) is 31.1 Å². The summed E-state index contributed by atoms with van der Waals surface area (Å²) in [4.78, 5) is 5.59. The van der Waals surface area contributed by atoms with E-state index < -0.39 is 0 Å². The number of aryl methyl sites for hydroxylation is 1. The summed E-state index contributed by atoms with van der Waals surface area (Å²) in [6.45, 7) is 1.92. The average Bonchev–Trinajstić information content (AvgIpc) is 2.27. The molecule has 0 spiro atoms. The number of hydrogen-bond donors (Lipinski definition) is 1. The van der Waals surface area contributed by atoms with E-state index in [0.717, 1.165) is 5.69 Å². The van der Waals surface area contributed by atoms with Gasteiger partial charge in [0.15, 0.2) is 5.96 Å². The minimum absolute atomic E-state index is 0.179. The van der Waals surface area contributed by atoms with E-state index in [1.807, 2.05) is 6.92 Å². The van der Waals surface area contributed by atoms with Crippen LogP contribution in [0.1, 0.15) is 12.5 Å². The zero-order valence-electron chi connectivity index (χ0n) is 9.29. The van der Waals surface area contributed by atoms with Gasteiger partial charge in [-0.05, 0) is 30.2 Å². The van der Waals surface area contributed by atoms with Crippen molar-refractivity contribution in [1.82, 2.24) is 0 Å². The van der Waals surface area contributed by atoms with E-state index in [2.05, 4.69) is 4.99 Å². The second-order valence-electron chi connectivity index (χ2n) is 3.27. The van der Waals surface area contributed by atoms with Crippen LogP contribution in [0.2, 0.25) is 0 Å². The highest BCUT2D eigenvalue weighted by Crippen LogP contribution is 2.18. The van der Waals surface area contributed by atoms with Gasteiger partial charge >= 0.3 is 0 Å². The number of halogens is 1. The largest absolute Gasteiger partial charge is 0.370 e. The van der Waals surface area contributed by atoms with Gasteiger partial charge in [-0.25, -0.2) is 4.39 Å². The van der Waals surface area contributed by atoms with E-state index in [-0.39, 0.29) is 5.82 Å². The van der Waals surface area contributed by atoms with Gasteiger partial charge in [0, 0.05) is 19.8 Å². The first-order valence-electron chi connectivity index (χ1n) is 4.84. The van der Waals surface area contributed by atoms with Crippen molar-refractivity contribution in [2.75, 3.05) is 19.0 Å². The minimum atomic E-state index is -0.179. The van der Waals surface area contributed by atoms with Crippen LogP contribution in [-0.4, -0.2) is 20.1 Å². The molecule has 0 aliphatic rings. The Balaban J connectivity index is 3.06. The molecule has 0 aromatic heterocycles. The van der Waals surface area contributed by atoms with E-state index in [4.69, 9.17) is 5.73 Å². The highest BCUT2D eigenvalue weighted by molar-refractivity contribution is 5.94. The Hall–Kier alpha value is -1.58. The van der Waals surface area contributed by atoms with Gasteiger partial charge in [0.05, 0.1) is 0 Å². The van der Waals surface area contributed by atoms with Crippen molar-refractivity contribution in [2.24, 2.45) is 10.7 Å². The number of guanidine groups is 1. The fourth-order valence-corrected chi connectivity index (χ4v) is 1.32. The molecule has 1 aromatic carbocycles. The summed E-state index contributed by atoms with van der Waals surface area (Å²) >= 11 is 0. The monoisotopic (exact) mass is 209 g/mol. The maximum absolute atomic E-state index is 13.2. The number of hydrogen-bond acceptors (Lipinski definition) is 1. The molecular formula is C11H16FN3. The Kier molecular flexibility index (Phi) is 3.66. The van der Waals surface area contributed by atoms with Crippen molar-refractivity contribution in [2.45, 2.75) is 13.3 Å². The highest BCUT2D eigenvalue weighted by Gasteiger charge is 2.07. The first kappa shape index (κ1) is 11.5. The molecule has 0 fully saturated rings. The molecule has 0 saturated heterocycles. The minimum Gasteiger partial charge on any atom is -0.370 e. The number of anilines is 1. The Morgan fingerprint density at radius 3 is 2.73 bits per heavy atom. The van der Waals surface area contributed by atoms with E-state index in [9.17, 15) is 4.39 Å². The molecule has 0 heterocycles. The lowest BCUT2D eigenvalue weighted by Crippen LogP contribution is -2.33. The van der Waals surface area contributed by atoms with Crippen LogP contribution < -0.4 is 10.6 Å². The molecule has 1 aromatic rings. The molecule has 0 aliphatic heterocycles. The number of nitrogens with zero attached hydrogens (tertiary/aromatic N) is 2. The summed E-state index contributed by atoms with van der Waals surface area (Å²) in [6.07, 6.45) is 0.663. The summed E-state index contributed by atoms with van der Waals surface area (Å²) in [5.74, 6) is 0.227. The van der Waals surface area contributed by atoms with Crippen LogP contribution in [0.15, 0.2) is 23.2 Å². The summed E-state index contributed by atoms with van der Waals surface area (Å²) in [5, 5.41) is 0. The van der Waals surface area contributed by atoms with Gasteiger partial charge in [-0.3, -0.25) is 4.99 Å². The van der Waals surface area contributed by atoms with Crippen molar-refractivity contribution in [1.29, 1.82) is 0 Å². The number of benzene rings is 1. The number of nitrogens with two attached hydrogens (primary N) is 1. The van der Waals surface area contributed by atoms with Gasteiger partial charge in [-0.2, -0.15) is 0 Å². The van der Waals surface area contributed by atoms with Crippen LogP contribution in [0.4, 0.5) is 10.1 Å². The van der Waals surface area contributed by atoms with Gasteiger partial charge in [0.25, 0.3) is 0 Å². The molecule has 1 rings (SSSR count). The van der Waals surface area contributed by atoms with Crippen LogP contribution in [0.25, 0.3) is 0 Å². The molecule has 0 aliphatic carbocycles. The molecule has 0 radical (unpaired) electrons. The fraction of sp³-hybridized carbons (Fsp3) is 0.364. The summed E-state index contributed by atoms with van der Waals surface area (Å²) in [6, 6.07) is 4.92. The van der Waals surface area contributed by atoms with E-state index in [1.165, 1.54) is 6.07 Å². The van der Waals surface area contributed by atoms with E-state index >= 15 is 0 Å². The lowest BCUT2D eigenvalue weighted by Gasteiger charge is -2.18. The molecule has 0 atom stereocenters. The predicted octanol–water partition coefficient (Wildman–Crippen LogP) is 1.77. The van der Waals surface area contributed by atoms with Gasteiger partial charge < -0.3 is 10.6 Å².